The maximum Gasteiger partial charge on any atom is 0.255 e. The Hall–Kier alpha value is -3.32. The van der Waals surface area contributed by atoms with E-state index in [-0.39, 0.29) is 17.9 Å². The molecule has 4 rings (SSSR count). The van der Waals surface area contributed by atoms with Crippen LogP contribution in [0.4, 0.5) is 5.69 Å². The summed E-state index contributed by atoms with van der Waals surface area (Å²) in [6, 6.07) is 12.7. The third-order valence-corrected chi connectivity index (χ3v) is 5.67. The second-order valence-electron chi connectivity index (χ2n) is 7.74. The van der Waals surface area contributed by atoms with Crippen molar-refractivity contribution in [1.29, 1.82) is 0 Å². The molecular weight excluding hydrogens is 378 g/mol. The maximum atomic E-state index is 12.9. The van der Waals surface area contributed by atoms with Gasteiger partial charge >= 0.3 is 0 Å². The largest absolute Gasteiger partial charge is 0.368 e. The van der Waals surface area contributed by atoms with Crippen molar-refractivity contribution in [3.63, 3.8) is 0 Å². The number of nitrogens with two attached hydrogens (primary N) is 1. The first-order chi connectivity index (χ1) is 14.4. The lowest BCUT2D eigenvalue weighted by Crippen LogP contribution is -2.39. The summed E-state index contributed by atoms with van der Waals surface area (Å²) >= 11 is 0. The third kappa shape index (κ3) is 4.02. The lowest BCUT2D eigenvalue weighted by Gasteiger charge is -2.23. The second-order valence-corrected chi connectivity index (χ2v) is 7.74. The highest BCUT2D eigenvalue weighted by atomic mass is 16.2. The van der Waals surface area contributed by atoms with E-state index in [1.54, 1.807) is 12.1 Å². The van der Waals surface area contributed by atoms with Gasteiger partial charge in [-0.1, -0.05) is 18.2 Å². The SMILES string of the molecule is Cc1nc2ccc(C(=O)Nc3ccccc3CN3CCCC3C(N)=O)cc2nc1C. The van der Waals surface area contributed by atoms with Crippen molar-refractivity contribution < 1.29 is 9.59 Å². The Morgan fingerprint density at radius 1 is 1.10 bits per heavy atom. The minimum absolute atomic E-state index is 0.211. The van der Waals surface area contributed by atoms with E-state index in [0.717, 1.165) is 47.5 Å². The molecule has 1 aromatic heterocycles. The molecule has 1 unspecified atom stereocenters. The van der Waals surface area contributed by atoms with Gasteiger partial charge in [0.25, 0.3) is 5.91 Å². The number of amides is 2. The lowest BCUT2D eigenvalue weighted by atomic mass is 10.1. The van der Waals surface area contributed by atoms with E-state index in [2.05, 4.69) is 20.2 Å². The molecule has 30 heavy (non-hydrogen) atoms. The Kier molecular flexibility index (Phi) is 5.46. The molecule has 2 heterocycles. The average molecular weight is 403 g/mol. The summed E-state index contributed by atoms with van der Waals surface area (Å²) in [5, 5.41) is 3.01. The molecule has 0 bridgehead atoms. The van der Waals surface area contributed by atoms with E-state index in [9.17, 15) is 9.59 Å². The summed E-state index contributed by atoms with van der Waals surface area (Å²) < 4.78 is 0. The number of nitrogens with one attached hydrogen (secondary N) is 1. The monoisotopic (exact) mass is 403 g/mol. The molecule has 3 aromatic rings. The van der Waals surface area contributed by atoms with Crippen molar-refractivity contribution in [2.24, 2.45) is 5.73 Å². The van der Waals surface area contributed by atoms with Gasteiger partial charge in [-0.2, -0.15) is 0 Å². The van der Waals surface area contributed by atoms with Crippen molar-refractivity contribution in [2.45, 2.75) is 39.3 Å². The zero-order valence-electron chi connectivity index (χ0n) is 17.2. The van der Waals surface area contributed by atoms with Crippen LogP contribution in [0.1, 0.15) is 40.2 Å². The van der Waals surface area contributed by atoms with Crippen LogP contribution in [0.3, 0.4) is 0 Å². The van der Waals surface area contributed by atoms with Crippen molar-refractivity contribution in [1.82, 2.24) is 14.9 Å². The number of carbonyl (C=O) groups excluding carboxylic acids is 2. The van der Waals surface area contributed by atoms with Crippen LogP contribution in [0.25, 0.3) is 11.0 Å². The first-order valence-corrected chi connectivity index (χ1v) is 10.1. The van der Waals surface area contributed by atoms with Crippen molar-refractivity contribution in [3.8, 4) is 0 Å². The molecule has 154 valence electrons. The molecule has 3 N–H and O–H groups in total. The lowest BCUT2D eigenvalue weighted by molar-refractivity contribution is -0.122. The number of hydrogen-bond acceptors (Lipinski definition) is 5. The molecule has 7 heteroatoms. The Morgan fingerprint density at radius 2 is 1.83 bits per heavy atom. The van der Waals surface area contributed by atoms with Crippen LogP contribution in [-0.2, 0) is 11.3 Å². The van der Waals surface area contributed by atoms with Crippen molar-refractivity contribution >= 4 is 28.5 Å². The van der Waals surface area contributed by atoms with Gasteiger partial charge in [0, 0.05) is 17.8 Å². The highest BCUT2D eigenvalue weighted by molar-refractivity contribution is 6.06. The fourth-order valence-corrected chi connectivity index (χ4v) is 3.90. The molecule has 0 aliphatic carbocycles. The molecule has 2 aromatic carbocycles. The number of fused-ring (bicyclic) bond motifs is 1. The molecule has 0 saturated carbocycles. The highest BCUT2D eigenvalue weighted by Crippen LogP contribution is 2.24. The molecule has 0 spiro atoms. The minimum atomic E-state index is -0.295. The van der Waals surface area contributed by atoms with Crippen LogP contribution in [0.5, 0.6) is 0 Å². The van der Waals surface area contributed by atoms with E-state index in [1.165, 1.54) is 0 Å². The van der Waals surface area contributed by atoms with Crippen LogP contribution in [0, 0.1) is 13.8 Å². The maximum absolute atomic E-state index is 12.9. The number of aryl methyl sites for hydroxylation is 2. The topological polar surface area (TPSA) is 101 Å². The Balaban J connectivity index is 1.56. The van der Waals surface area contributed by atoms with Crippen LogP contribution >= 0.6 is 0 Å². The van der Waals surface area contributed by atoms with Gasteiger partial charge in [-0.05, 0) is 63.1 Å². The number of anilines is 1. The van der Waals surface area contributed by atoms with Gasteiger partial charge in [0.1, 0.15) is 0 Å². The number of rotatable bonds is 5. The summed E-state index contributed by atoms with van der Waals surface area (Å²) in [7, 11) is 0. The molecule has 1 aliphatic rings. The number of benzene rings is 2. The summed E-state index contributed by atoms with van der Waals surface area (Å²) in [6.45, 7) is 5.20. The fraction of sp³-hybridized carbons (Fsp3) is 0.304. The molecule has 1 saturated heterocycles. The number of primary amides is 1. The number of para-hydroxylation sites is 1. The van der Waals surface area contributed by atoms with Gasteiger partial charge in [0.15, 0.2) is 0 Å². The van der Waals surface area contributed by atoms with Crippen LogP contribution in [-0.4, -0.2) is 39.3 Å². The molecule has 2 amide bonds. The Bertz CT molecular complexity index is 1130. The van der Waals surface area contributed by atoms with Gasteiger partial charge in [-0.3, -0.25) is 14.5 Å². The number of likely N-dealkylation sites (tertiary alicyclic amines) is 1. The summed E-state index contributed by atoms with van der Waals surface area (Å²) in [6.07, 6.45) is 1.72. The van der Waals surface area contributed by atoms with Crippen molar-refractivity contribution in [3.05, 3.63) is 65.0 Å². The number of carbonyl (C=O) groups is 2. The molecule has 1 fully saturated rings. The highest BCUT2D eigenvalue weighted by Gasteiger charge is 2.29. The van der Waals surface area contributed by atoms with E-state index in [4.69, 9.17) is 5.73 Å². The standard InChI is InChI=1S/C23H25N5O2/c1-14-15(2)26-20-12-16(9-10-19(20)25-14)23(30)27-18-7-4-3-6-17(18)13-28-11-5-8-21(28)22(24)29/h3-4,6-7,9-10,12,21H,5,8,11,13H2,1-2H3,(H2,24,29)(H,27,30). The first-order valence-electron chi connectivity index (χ1n) is 10.1. The molecule has 1 atom stereocenters. The zero-order chi connectivity index (χ0) is 21.3. The number of aromatic nitrogens is 2. The zero-order valence-corrected chi connectivity index (χ0v) is 17.2. The number of nitrogens with zero attached hydrogens (tertiary/aromatic N) is 3. The number of hydrogen-bond donors (Lipinski definition) is 2. The van der Waals surface area contributed by atoms with E-state index < -0.39 is 0 Å². The molecular formula is C23H25N5O2. The van der Waals surface area contributed by atoms with E-state index in [0.29, 0.717) is 17.6 Å². The predicted octanol–water partition coefficient (Wildman–Crippen LogP) is 2.95. The normalized spacial score (nSPS) is 16.7. The van der Waals surface area contributed by atoms with E-state index in [1.807, 2.05) is 44.2 Å². The van der Waals surface area contributed by atoms with Gasteiger partial charge in [0.05, 0.1) is 28.5 Å². The van der Waals surface area contributed by atoms with E-state index >= 15 is 0 Å². The van der Waals surface area contributed by atoms with Gasteiger partial charge in [0.2, 0.25) is 5.91 Å². The fourth-order valence-electron chi connectivity index (χ4n) is 3.90. The summed E-state index contributed by atoms with van der Waals surface area (Å²) in [5.74, 6) is -0.505. The van der Waals surface area contributed by atoms with Gasteiger partial charge < -0.3 is 11.1 Å². The Labute approximate surface area is 175 Å². The van der Waals surface area contributed by atoms with Crippen molar-refractivity contribution in [2.75, 3.05) is 11.9 Å². The molecule has 0 radical (unpaired) electrons. The molecule has 7 nitrogen and oxygen atoms in total. The quantitative estimate of drug-likeness (QED) is 0.682. The van der Waals surface area contributed by atoms with Crippen LogP contribution in [0.2, 0.25) is 0 Å². The average Bonchev–Trinajstić information content (AvgIpc) is 3.18. The second kappa shape index (κ2) is 8.20. The van der Waals surface area contributed by atoms with Gasteiger partial charge in [-0.25, -0.2) is 9.97 Å². The molecule has 1 aliphatic heterocycles. The van der Waals surface area contributed by atoms with Crippen LogP contribution in [0.15, 0.2) is 42.5 Å². The Morgan fingerprint density at radius 3 is 2.60 bits per heavy atom. The first kappa shape index (κ1) is 20.0. The minimum Gasteiger partial charge on any atom is -0.368 e. The third-order valence-electron chi connectivity index (χ3n) is 5.67. The summed E-state index contributed by atoms with van der Waals surface area (Å²) in [4.78, 5) is 35.8. The predicted molar refractivity (Wildman–Crippen MR) is 116 cm³/mol. The van der Waals surface area contributed by atoms with Crippen LogP contribution < -0.4 is 11.1 Å². The smallest absolute Gasteiger partial charge is 0.255 e. The van der Waals surface area contributed by atoms with Gasteiger partial charge in [-0.15, -0.1) is 0 Å². The summed E-state index contributed by atoms with van der Waals surface area (Å²) in [5.41, 5.74) is 10.9.